The smallest absolute Gasteiger partial charge is 0.256 e. The van der Waals surface area contributed by atoms with Crippen molar-refractivity contribution in [1.29, 1.82) is 0 Å². The summed E-state index contributed by atoms with van der Waals surface area (Å²) in [6.07, 6.45) is 7.77. The van der Waals surface area contributed by atoms with Crippen LogP contribution in [-0.2, 0) is 9.53 Å². The Balaban J connectivity index is 1.50. The molecule has 1 aliphatic carbocycles. The molecule has 1 heterocycles. The molecule has 1 aliphatic heterocycles. The van der Waals surface area contributed by atoms with Gasteiger partial charge < -0.3 is 14.8 Å². The Bertz CT molecular complexity index is 609. The third kappa shape index (κ3) is 5.71. The van der Waals surface area contributed by atoms with Crippen LogP contribution in [-0.4, -0.2) is 49.3 Å². The molecule has 156 valence electrons. The molecule has 1 N–H and O–H groups in total. The molecular formula is C23H36N2O3. The predicted molar refractivity (Wildman–Crippen MR) is 113 cm³/mol. The number of amides is 1. The first-order valence-corrected chi connectivity index (χ1v) is 11.0. The van der Waals surface area contributed by atoms with Gasteiger partial charge in [-0.3, -0.25) is 9.69 Å². The lowest BCUT2D eigenvalue weighted by molar-refractivity contribution is -0.147. The van der Waals surface area contributed by atoms with E-state index in [9.17, 15) is 4.79 Å². The molecular weight excluding hydrogens is 352 g/mol. The number of piperidine rings is 1. The normalized spacial score (nSPS) is 26.0. The molecule has 0 unspecified atom stereocenters. The van der Waals surface area contributed by atoms with Gasteiger partial charge in [-0.05, 0) is 82.3 Å². The highest BCUT2D eigenvalue weighted by molar-refractivity contribution is 5.97. The highest BCUT2D eigenvalue weighted by Gasteiger charge is 2.42. The quantitative estimate of drug-likeness (QED) is 0.714. The first-order valence-electron chi connectivity index (χ1n) is 11.0. The van der Waals surface area contributed by atoms with Crippen molar-refractivity contribution in [3.8, 4) is 5.75 Å². The van der Waals surface area contributed by atoms with E-state index in [1.165, 1.54) is 38.8 Å². The lowest BCUT2D eigenvalue weighted by atomic mass is 9.78. The molecule has 1 amide bonds. The van der Waals surface area contributed by atoms with Crippen molar-refractivity contribution in [2.24, 2.45) is 5.92 Å². The highest BCUT2D eigenvalue weighted by Crippen LogP contribution is 2.36. The molecule has 1 aromatic carbocycles. The lowest BCUT2D eigenvalue weighted by Gasteiger charge is -2.38. The Morgan fingerprint density at radius 2 is 1.93 bits per heavy atom. The highest BCUT2D eigenvalue weighted by atomic mass is 16.5. The second kappa shape index (κ2) is 10.3. The molecule has 28 heavy (non-hydrogen) atoms. The van der Waals surface area contributed by atoms with E-state index in [0.29, 0.717) is 19.1 Å². The number of hydrogen-bond acceptors (Lipinski definition) is 4. The average Bonchev–Trinajstić information content (AvgIpc) is 2.70. The second-order valence-electron chi connectivity index (χ2n) is 8.36. The number of anilines is 1. The molecule has 0 bridgehead atoms. The summed E-state index contributed by atoms with van der Waals surface area (Å²) in [5.74, 6) is 1.35. The maximum absolute atomic E-state index is 13.0. The molecule has 2 aliphatic rings. The monoisotopic (exact) mass is 388 g/mol. The van der Waals surface area contributed by atoms with E-state index in [0.717, 1.165) is 37.2 Å². The Hall–Kier alpha value is -1.59. The maximum atomic E-state index is 13.0. The summed E-state index contributed by atoms with van der Waals surface area (Å²) in [6, 6.07) is 7.70. The largest absolute Gasteiger partial charge is 0.492 e. The van der Waals surface area contributed by atoms with Gasteiger partial charge in [-0.2, -0.15) is 0 Å². The van der Waals surface area contributed by atoms with Crippen LogP contribution in [0.3, 0.4) is 0 Å². The van der Waals surface area contributed by atoms with Gasteiger partial charge in [0.1, 0.15) is 18.0 Å². The van der Waals surface area contributed by atoms with Crippen LogP contribution >= 0.6 is 0 Å². The Labute approximate surface area is 169 Å². The number of nitrogens with zero attached hydrogens (tertiary/aromatic N) is 1. The van der Waals surface area contributed by atoms with E-state index in [1.807, 2.05) is 31.2 Å². The molecule has 0 spiro atoms. The van der Waals surface area contributed by atoms with Crippen molar-refractivity contribution in [1.82, 2.24) is 4.90 Å². The molecule has 0 aromatic heterocycles. The Morgan fingerprint density at radius 3 is 2.61 bits per heavy atom. The van der Waals surface area contributed by atoms with Gasteiger partial charge in [-0.15, -0.1) is 0 Å². The lowest BCUT2D eigenvalue weighted by Crippen LogP contribution is -2.48. The van der Waals surface area contributed by atoms with E-state index < -0.39 is 5.60 Å². The first kappa shape index (κ1) is 21.1. The van der Waals surface area contributed by atoms with Gasteiger partial charge in [0.05, 0.1) is 0 Å². The van der Waals surface area contributed by atoms with Gasteiger partial charge in [0, 0.05) is 18.8 Å². The molecule has 5 nitrogen and oxygen atoms in total. The van der Waals surface area contributed by atoms with Crippen molar-refractivity contribution in [3.05, 3.63) is 24.3 Å². The van der Waals surface area contributed by atoms with Crippen LogP contribution in [0.15, 0.2) is 24.3 Å². The SMILES string of the molecule is CCO[C@]1(C(=O)Nc2ccc(OCCN3CCCCC3)cc2)CCC[C@@H](C)C1. The van der Waals surface area contributed by atoms with Crippen LogP contribution in [0, 0.1) is 5.92 Å². The van der Waals surface area contributed by atoms with Crippen LogP contribution in [0.1, 0.15) is 58.8 Å². The van der Waals surface area contributed by atoms with Crippen LogP contribution in [0.2, 0.25) is 0 Å². The molecule has 1 saturated heterocycles. The van der Waals surface area contributed by atoms with Crippen molar-refractivity contribution < 1.29 is 14.3 Å². The van der Waals surface area contributed by atoms with Crippen molar-refractivity contribution in [2.75, 3.05) is 38.2 Å². The van der Waals surface area contributed by atoms with Crippen molar-refractivity contribution >= 4 is 11.6 Å². The fourth-order valence-corrected chi connectivity index (χ4v) is 4.54. The molecule has 1 saturated carbocycles. The van der Waals surface area contributed by atoms with E-state index in [-0.39, 0.29) is 5.91 Å². The maximum Gasteiger partial charge on any atom is 0.256 e. The Kier molecular flexibility index (Phi) is 7.74. The molecule has 2 atom stereocenters. The number of nitrogens with one attached hydrogen (secondary N) is 1. The number of hydrogen-bond donors (Lipinski definition) is 1. The third-order valence-electron chi connectivity index (χ3n) is 6.03. The van der Waals surface area contributed by atoms with Gasteiger partial charge in [0.15, 0.2) is 0 Å². The molecule has 2 fully saturated rings. The van der Waals surface area contributed by atoms with Crippen molar-refractivity contribution in [3.63, 3.8) is 0 Å². The standard InChI is InChI=1S/C23H36N2O3/c1-3-28-23(13-7-8-19(2)18-23)22(26)24-20-9-11-21(12-10-20)27-17-16-25-14-5-4-6-15-25/h9-12,19H,3-8,13-18H2,1-2H3,(H,24,26)/t19-,23-/m1/s1. The third-order valence-corrected chi connectivity index (χ3v) is 6.03. The van der Waals surface area contributed by atoms with E-state index >= 15 is 0 Å². The fourth-order valence-electron chi connectivity index (χ4n) is 4.54. The van der Waals surface area contributed by atoms with Gasteiger partial charge in [0.25, 0.3) is 5.91 Å². The Morgan fingerprint density at radius 1 is 1.18 bits per heavy atom. The zero-order chi connectivity index (χ0) is 19.8. The van der Waals surface area contributed by atoms with Crippen LogP contribution in [0.5, 0.6) is 5.75 Å². The molecule has 5 heteroatoms. The zero-order valence-corrected chi connectivity index (χ0v) is 17.5. The van der Waals surface area contributed by atoms with Gasteiger partial charge in [-0.25, -0.2) is 0 Å². The summed E-state index contributed by atoms with van der Waals surface area (Å²) in [4.78, 5) is 15.5. The van der Waals surface area contributed by atoms with E-state index in [1.54, 1.807) is 0 Å². The van der Waals surface area contributed by atoms with E-state index in [2.05, 4.69) is 17.1 Å². The number of carbonyl (C=O) groups excluding carboxylic acids is 1. The first-order chi connectivity index (χ1) is 13.6. The van der Waals surface area contributed by atoms with E-state index in [4.69, 9.17) is 9.47 Å². The number of carbonyl (C=O) groups is 1. The summed E-state index contributed by atoms with van der Waals surface area (Å²) < 4.78 is 11.8. The fraction of sp³-hybridized carbons (Fsp3) is 0.696. The van der Waals surface area contributed by atoms with Gasteiger partial charge in [-0.1, -0.05) is 19.8 Å². The second-order valence-corrected chi connectivity index (χ2v) is 8.36. The summed E-state index contributed by atoms with van der Waals surface area (Å²) in [7, 11) is 0. The van der Waals surface area contributed by atoms with Crippen LogP contribution in [0.25, 0.3) is 0 Å². The number of benzene rings is 1. The topological polar surface area (TPSA) is 50.8 Å². The predicted octanol–water partition coefficient (Wildman–Crippen LogP) is 4.48. The average molecular weight is 389 g/mol. The van der Waals surface area contributed by atoms with Crippen LogP contribution < -0.4 is 10.1 Å². The molecule has 3 rings (SSSR count). The van der Waals surface area contributed by atoms with Crippen LogP contribution in [0.4, 0.5) is 5.69 Å². The van der Waals surface area contributed by atoms with Gasteiger partial charge in [0.2, 0.25) is 0 Å². The molecule has 0 radical (unpaired) electrons. The number of rotatable bonds is 8. The minimum atomic E-state index is -0.684. The summed E-state index contributed by atoms with van der Waals surface area (Å²) in [5.41, 5.74) is 0.112. The minimum absolute atomic E-state index is 0.0142. The molecule has 1 aromatic rings. The number of ether oxygens (including phenoxy) is 2. The summed E-state index contributed by atoms with van der Waals surface area (Å²) in [5, 5.41) is 3.07. The van der Waals surface area contributed by atoms with Gasteiger partial charge >= 0.3 is 0 Å². The summed E-state index contributed by atoms with van der Waals surface area (Å²) >= 11 is 0. The summed E-state index contributed by atoms with van der Waals surface area (Å²) in [6.45, 7) is 8.79. The number of likely N-dealkylation sites (tertiary alicyclic amines) is 1. The minimum Gasteiger partial charge on any atom is -0.492 e. The zero-order valence-electron chi connectivity index (χ0n) is 17.5. The van der Waals surface area contributed by atoms with Crippen molar-refractivity contribution in [2.45, 2.75) is 64.4 Å².